The summed E-state index contributed by atoms with van der Waals surface area (Å²) >= 11 is 0. The van der Waals surface area contributed by atoms with Gasteiger partial charge in [-0.1, -0.05) is 6.42 Å². The van der Waals surface area contributed by atoms with Crippen LogP contribution in [0.1, 0.15) is 37.5 Å². The van der Waals surface area contributed by atoms with E-state index in [1.165, 1.54) is 19.3 Å². The van der Waals surface area contributed by atoms with E-state index in [1.54, 1.807) is 17.1 Å². The highest BCUT2D eigenvalue weighted by molar-refractivity contribution is 5.75. The lowest BCUT2D eigenvalue weighted by Crippen LogP contribution is -2.40. The molecule has 0 radical (unpaired) electrons. The fourth-order valence-corrected chi connectivity index (χ4v) is 3.07. The molecule has 1 N–H and O–H groups in total. The van der Waals surface area contributed by atoms with Crippen LogP contribution in [0.4, 0.5) is 0 Å². The van der Waals surface area contributed by atoms with Crippen molar-refractivity contribution in [3.05, 3.63) is 42.6 Å². The number of furan rings is 1. The molecule has 1 unspecified atom stereocenters. The Labute approximate surface area is 136 Å². The molecule has 0 saturated carbocycles. The third-order valence-electron chi connectivity index (χ3n) is 4.32. The fourth-order valence-electron chi connectivity index (χ4n) is 3.07. The summed E-state index contributed by atoms with van der Waals surface area (Å²) in [4.78, 5) is 14.5. The third-order valence-corrected chi connectivity index (χ3v) is 4.32. The van der Waals surface area contributed by atoms with Gasteiger partial charge in [0, 0.05) is 31.9 Å². The molecule has 1 aliphatic heterocycles. The average molecular weight is 316 g/mol. The Morgan fingerprint density at radius 2 is 2.17 bits per heavy atom. The van der Waals surface area contributed by atoms with Gasteiger partial charge in [0.05, 0.1) is 12.3 Å². The highest BCUT2D eigenvalue weighted by Gasteiger charge is 2.24. The van der Waals surface area contributed by atoms with Gasteiger partial charge in [0.25, 0.3) is 0 Å². The summed E-state index contributed by atoms with van der Waals surface area (Å²) in [5.41, 5.74) is 0. The van der Waals surface area contributed by atoms with Crippen molar-refractivity contribution in [1.82, 2.24) is 20.0 Å². The number of carbonyl (C=O) groups excluding carboxylic acids is 1. The molecule has 6 heteroatoms. The van der Waals surface area contributed by atoms with Crippen molar-refractivity contribution in [2.24, 2.45) is 0 Å². The van der Waals surface area contributed by atoms with Gasteiger partial charge in [0.2, 0.25) is 5.91 Å². The number of nitrogens with zero attached hydrogens (tertiary/aromatic N) is 3. The van der Waals surface area contributed by atoms with Crippen molar-refractivity contribution in [2.45, 2.75) is 38.3 Å². The zero-order chi connectivity index (χ0) is 15.9. The molecule has 124 valence electrons. The van der Waals surface area contributed by atoms with Crippen molar-refractivity contribution in [1.29, 1.82) is 0 Å². The molecule has 0 spiro atoms. The highest BCUT2D eigenvalue weighted by atomic mass is 16.3. The zero-order valence-corrected chi connectivity index (χ0v) is 13.4. The van der Waals surface area contributed by atoms with E-state index in [0.29, 0.717) is 19.5 Å². The van der Waals surface area contributed by atoms with Crippen LogP contribution in [0.3, 0.4) is 0 Å². The summed E-state index contributed by atoms with van der Waals surface area (Å²) in [6.07, 6.45) is 9.44. The molecule has 3 rings (SSSR count). The van der Waals surface area contributed by atoms with Crippen molar-refractivity contribution < 1.29 is 9.21 Å². The summed E-state index contributed by atoms with van der Waals surface area (Å²) in [6, 6.07) is 5.89. The van der Waals surface area contributed by atoms with Crippen LogP contribution < -0.4 is 5.32 Å². The molecule has 0 bridgehead atoms. The number of amides is 1. The molecule has 6 nitrogen and oxygen atoms in total. The van der Waals surface area contributed by atoms with E-state index in [1.807, 2.05) is 24.4 Å². The molecule has 2 aromatic rings. The van der Waals surface area contributed by atoms with Gasteiger partial charge in [0.1, 0.15) is 5.76 Å². The van der Waals surface area contributed by atoms with Crippen LogP contribution in [0, 0.1) is 0 Å². The van der Waals surface area contributed by atoms with E-state index in [0.717, 1.165) is 18.8 Å². The van der Waals surface area contributed by atoms with Crippen LogP contribution in [-0.2, 0) is 11.3 Å². The predicted molar refractivity (Wildman–Crippen MR) is 86.7 cm³/mol. The van der Waals surface area contributed by atoms with E-state index in [2.05, 4.69) is 15.3 Å². The lowest BCUT2D eigenvalue weighted by molar-refractivity contribution is -0.121. The molecule has 23 heavy (non-hydrogen) atoms. The van der Waals surface area contributed by atoms with Crippen LogP contribution in [0.25, 0.3) is 0 Å². The maximum absolute atomic E-state index is 12.1. The molecule has 1 saturated heterocycles. The molecule has 3 heterocycles. The van der Waals surface area contributed by atoms with Gasteiger partial charge in [0.15, 0.2) is 0 Å². The topological polar surface area (TPSA) is 63.3 Å². The SMILES string of the molecule is O=C(CCn1cccn1)NCC(c1ccco1)N1CCCCC1. The normalized spacial score (nSPS) is 17.0. The number of nitrogens with one attached hydrogen (secondary N) is 1. The summed E-state index contributed by atoms with van der Waals surface area (Å²) < 4.78 is 7.37. The molecular formula is C17H24N4O2. The lowest BCUT2D eigenvalue weighted by atomic mass is 10.1. The first-order valence-electron chi connectivity index (χ1n) is 8.34. The van der Waals surface area contributed by atoms with Gasteiger partial charge in [-0.3, -0.25) is 14.4 Å². The van der Waals surface area contributed by atoms with Crippen LogP contribution in [0.2, 0.25) is 0 Å². The Hall–Kier alpha value is -2.08. The smallest absolute Gasteiger partial charge is 0.221 e. The first-order chi connectivity index (χ1) is 11.3. The molecule has 1 atom stereocenters. The van der Waals surface area contributed by atoms with Crippen molar-refractivity contribution in [3.63, 3.8) is 0 Å². The Kier molecular flexibility index (Phi) is 5.47. The minimum absolute atomic E-state index is 0.0501. The zero-order valence-electron chi connectivity index (χ0n) is 13.4. The largest absolute Gasteiger partial charge is 0.468 e. The van der Waals surface area contributed by atoms with Crippen LogP contribution in [0.5, 0.6) is 0 Å². The van der Waals surface area contributed by atoms with Crippen molar-refractivity contribution in [3.8, 4) is 0 Å². The second kappa shape index (κ2) is 7.97. The molecule has 1 fully saturated rings. The standard InChI is InChI=1S/C17H24N4O2/c22-17(7-12-21-11-5-8-19-21)18-14-15(16-6-4-13-23-16)20-9-2-1-3-10-20/h4-6,8,11,13,15H,1-3,7,9-10,12,14H2,(H,18,22). The van der Waals surface area contributed by atoms with Gasteiger partial charge in [-0.05, 0) is 44.1 Å². The molecule has 0 aromatic carbocycles. The maximum Gasteiger partial charge on any atom is 0.221 e. The Morgan fingerprint density at radius 1 is 1.30 bits per heavy atom. The quantitative estimate of drug-likeness (QED) is 0.850. The van der Waals surface area contributed by atoms with Crippen molar-refractivity contribution >= 4 is 5.91 Å². The predicted octanol–water partition coefficient (Wildman–Crippen LogP) is 2.21. The third kappa shape index (κ3) is 4.45. The molecule has 1 amide bonds. The maximum atomic E-state index is 12.1. The summed E-state index contributed by atoms with van der Waals surface area (Å²) in [6.45, 7) is 3.32. The van der Waals surface area contributed by atoms with E-state index < -0.39 is 0 Å². The summed E-state index contributed by atoms with van der Waals surface area (Å²) in [7, 11) is 0. The number of likely N-dealkylation sites (tertiary alicyclic amines) is 1. The van der Waals surface area contributed by atoms with Gasteiger partial charge in [-0.25, -0.2) is 0 Å². The monoisotopic (exact) mass is 316 g/mol. The summed E-state index contributed by atoms with van der Waals surface area (Å²) in [5.74, 6) is 0.980. The van der Waals surface area contributed by atoms with Gasteiger partial charge in [-0.2, -0.15) is 5.10 Å². The van der Waals surface area contributed by atoms with Gasteiger partial charge >= 0.3 is 0 Å². The van der Waals surface area contributed by atoms with E-state index in [4.69, 9.17) is 4.42 Å². The average Bonchev–Trinajstić information content (AvgIpc) is 3.28. The molecular weight excluding hydrogens is 292 g/mol. The van der Waals surface area contributed by atoms with Crippen LogP contribution >= 0.6 is 0 Å². The van der Waals surface area contributed by atoms with Crippen molar-refractivity contribution in [2.75, 3.05) is 19.6 Å². The number of carbonyl (C=O) groups is 1. The Balaban J connectivity index is 1.52. The van der Waals surface area contributed by atoms with E-state index in [-0.39, 0.29) is 11.9 Å². The number of aryl methyl sites for hydroxylation is 1. The second-order valence-corrected chi connectivity index (χ2v) is 5.95. The van der Waals surface area contributed by atoms with Gasteiger partial charge < -0.3 is 9.73 Å². The molecule has 0 aliphatic carbocycles. The summed E-state index contributed by atoms with van der Waals surface area (Å²) in [5, 5.41) is 7.16. The Morgan fingerprint density at radius 3 is 2.87 bits per heavy atom. The minimum atomic E-state index is 0.0501. The Bertz CT molecular complexity index is 574. The fraction of sp³-hybridized carbons (Fsp3) is 0.529. The van der Waals surface area contributed by atoms with Gasteiger partial charge in [-0.15, -0.1) is 0 Å². The number of piperidine rings is 1. The second-order valence-electron chi connectivity index (χ2n) is 5.95. The number of hydrogen-bond donors (Lipinski definition) is 1. The van der Waals surface area contributed by atoms with E-state index >= 15 is 0 Å². The molecule has 2 aromatic heterocycles. The number of aromatic nitrogens is 2. The number of hydrogen-bond acceptors (Lipinski definition) is 4. The first kappa shape index (κ1) is 15.8. The van der Waals surface area contributed by atoms with Crippen LogP contribution in [0.15, 0.2) is 41.3 Å². The van der Waals surface area contributed by atoms with E-state index in [9.17, 15) is 4.79 Å². The highest BCUT2D eigenvalue weighted by Crippen LogP contribution is 2.24. The first-order valence-corrected chi connectivity index (χ1v) is 8.34. The lowest BCUT2D eigenvalue weighted by Gasteiger charge is -2.33. The van der Waals surface area contributed by atoms with Crippen LogP contribution in [-0.4, -0.2) is 40.2 Å². The molecule has 1 aliphatic rings. The minimum Gasteiger partial charge on any atom is -0.468 e. The number of rotatable bonds is 7.